The lowest BCUT2D eigenvalue weighted by atomic mass is 10.2. The average molecular weight is 336 g/mol. The molecule has 1 aromatic carbocycles. The number of carbonyl (C=O) groups excluding carboxylic acids is 1. The monoisotopic (exact) mass is 336 g/mol. The zero-order chi connectivity index (χ0) is 18.7. The number of benzene rings is 1. The highest BCUT2D eigenvalue weighted by Gasteiger charge is 2.11. The number of likely N-dealkylation sites (N-methyl/N-ethyl adjacent to an activating group) is 1. The first kappa shape index (κ1) is 22.0. The molecule has 24 heavy (non-hydrogen) atoms. The van der Waals surface area contributed by atoms with E-state index < -0.39 is 0 Å². The normalized spacial score (nSPS) is 9.71. The van der Waals surface area contributed by atoms with E-state index in [0.29, 0.717) is 23.8 Å². The number of ether oxygens (including phenoxy) is 2. The van der Waals surface area contributed by atoms with Gasteiger partial charge in [0.1, 0.15) is 6.61 Å². The summed E-state index contributed by atoms with van der Waals surface area (Å²) in [4.78, 5) is 16.5. The standard InChI is InChI=1S/C15H20N2O3.2C2H6/c1-10(18)12-7-11-8-15(20-6-5-17(2)3)14(19-4)9-13(11)16-12;2*1-2/h7-9,16H,5-6H2,1-4H3;2*1-2H3. The predicted octanol–water partition coefficient (Wildman–Crippen LogP) is 4.37. The van der Waals surface area contributed by atoms with Gasteiger partial charge in [0.15, 0.2) is 17.3 Å². The van der Waals surface area contributed by atoms with Crippen LogP contribution in [0.2, 0.25) is 0 Å². The fourth-order valence-electron chi connectivity index (χ4n) is 1.94. The molecule has 5 heteroatoms. The molecule has 0 spiro atoms. The van der Waals surface area contributed by atoms with Crippen molar-refractivity contribution in [3.8, 4) is 11.5 Å². The van der Waals surface area contributed by atoms with Crippen molar-refractivity contribution in [1.29, 1.82) is 0 Å². The highest BCUT2D eigenvalue weighted by Crippen LogP contribution is 2.32. The van der Waals surface area contributed by atoms with Crippen molar-refractivity contribution < 1.29 is 14.3 Å². The van der Waals surface area contributed by atoms with Gasteiger partial charge in [-0.25, -0.2) is 0 Å². The maximum atomic E-state index is 11.4. The Bertz CT molecular complexity index is 618. The minimum absolute atomic E-state index is 0.00948. The second-order valence-corrected chi connectivity index (χ2v) is 4.98. The van der Waals surface area contributed by atoms with Gasteiger partial charge in [0.2, 0.25) is 0 Å². The molecule has 136 valence electrons. The minimum Gasteiger partial charge on any atom is -0.493 e. The van der Waals surface area contributed by atoms with Gasteiger partial charge >= 0.3 is 0 Å². The van der Waals surface area contributed by atoms with E-state index in [1.54, 1.807) is 7.11 Å². The van der Waals surface area contributed by atoms with Crippen molar-refractivity contribution in [2.24, 2.45) is 0 Å². The Labute approximate surface area is 145 Å². The first-order chi connectivity index (χ1) is 11.5. The molecule has 2 rings (SSSR count). The molecule has 0 fully saturated rings. The van der Waals surface area contributed by atoms with Crippen LogP contribution in [0.3, 0.4) is 0 Å². The number of fused-ring (bicyclic) bond motifs is 1. The van der Waals surface area contributed by atoms with Crippen LogP contribution in [0.5, 0.6) is 11.5 Å². The summed E-state index contributed by atoms with van der Waals surface area (Å²) in [5, 5.41) is 0.941. The molecule has 0 aliphatic rings. The van der Waals surface area contributed by atoms with E-state index in [2.05, 4.69) is 9.88 Å². The molecule has 0 bridgehead atoms. The lowest BCUT2D eigenvalue weighted by Gasteiger charge is -2.13. The van der Waals surface area contributed by atoms with Gasteiger partial charge in [-0.15, -0.1) is 0 Å². The van der Waals surface area contributed by atoms with Crippen LogP contribution in [0.1, 0.15) is 45.1 Å². The van der Waals surface area contributed by atoms with Crippen LogP contribution in [0.15, 0.2) is 18.2 Å². The molecule has 1 heterocycles. The van der Waals surface area contributed by atoms with E-state index in [1.807, 2.05) is 60.0 Å². The minimum atomic E-state index is 0.00948. The van der Waals surface area contributed by atoms with Crippen molar-refractivity contribution in [1.82, 2.24) is 9.88 Å². The van der Waals surface area contributed by atoms with E-state index in [-0.39, 0.29) is 5.78 Å². The Hall–Kier alpha value is -2.01. The topological polar surface area (TPSA) is 54.6 Å². The summed E-state index contributed by atoms with van der Waals surface area (Å²) in [6, 6.07) is 5.58. The molecule has 0 unspecified atom stereocenters. The van der Waals surface area contributed by atoms with Crippen molar-refractivity contribution in [2.75, 3.05) is 34.4 Å². The van der Waals surface area contributed by atoms with Crippen LogP contribution in [0, 0.1) is 0 Å². The number of nitrogens with one attached hydrogen (secondary N) is 1. The number of carbonyl (C=O) groups is 1. The average Bonchev–Trinajstić information content (AvgIpc) is 3.00. The first-order valence-corrected chi connectivity index (χ1v) is 8.50. The van der Waals surface area contributed by atoms with Gasteiger partial charge in [0.25, 0.3) is 0 Å². The molecule has 0 aliphatic heterocycles. The number of hydrogen-bond acceptors (Lipinski definition) is 4. The summed E-state index contributed by atoms with van der Waals surface area (Å²) in [5.41, 5.74) is 1.46. The van der Waals surface area contributed by atoms with E-state index in [4.69, 9.17) is 9.47 Å². The predicted molar refractivity (Wildman–Crippen MR) is 102 cm³/mol. The molecule has 1 N–H and O–H groups in total. The summed E-state index contributed by atoms with van der Waals surface area (Å²) >= 11 is 0. The third-order valence-electron chi connectivity index (χ3n) is 3.08. The van der Waals surface area contributed by atoms with E-state index in [0.717, 1.165) is 17.4 Å². The Kier molecular flexibility index (Phi) is 10.5. The third-order valence-corrected chi connectivity index (χ3v) is 3.08. The summed E-state index contributed by atoms with van der Waals surface area (Å²) in [5.74, 6) is 1.36. The number of nitrogens with zero attached hydrogens (tertiary/aromatic N) is 1. The summed E-state index contributed by atoms with van der Waals surface area (Å²) in [6.07, 6.45) is 0. The first-order valence-electron chi connectivity index (χ1n) is 8.50. The van der Waals surface area contributed by atoms with Crippen LogP contribution in [0.25, 0.3) is 10.9 Å². The van der Waals surface area contributed by atoms with Gasteiger partial charge in [0.05, 0.1) is 12.8 Å². The van der Waals surface area contributed by atoms with E-state index in [1.165, 1.54) is 6.92 Å². The molecule has 5 nitrogen and oxygen atoms in total. The highest BCUT2D eigenvalue weighted by atomic mass is 16.5. The van der Waals surface area contributed by atoms with E-state index in [9.17, 15) is 4.79 Å². The number of H-pyrrole nitrogens is 1. The highest BCUT2D eigenvalue weighted by molar-refractivity contribution is 5.98. The lowest BCUT2D eigenvalue weighted by Crippen LogP contribution is -2.19. The molecule has 0 saturated heterocycles. The van der Waals surface area contributed by atoms with Crippen LogP contribution in [0.4, 0.5) is 0 Å². The van der Waals surface area contributed by atoms with Gasteiger partial charge in [-0.1, -0.05) is 27.7 Å². The van der Waals surface area contributed by atoms with Gasteiger partial charge in [-0.2, -0.15) is 0 Å². The molecule has 0 atom stereocenters. The van der Waals surface area contributed by atoms with Crippen molar-refractivity contribution >= 4 is 16.7 Å². The Morgan fingerprint density at radius 2 is 1.71 bits per heavy atom. The fourth-order valence-corrected chi connectivity index (χ4v) is 1.94. The number of ketones is 1. The molecular weight excluding hydrogens is 304 g/mol. The number of Topliss-reactive ketones (excluding diaryl/α,β-unsaturated/α-hetero) is 1. The lowest BCUT2D eigenvalue weighted by molar-refractivity contribution is 0.101. The second-order valence-electron chi connectivity index (χ2n) is 4.98. The smallest absolute Gasteiger partial charge is 0.175 e. The quantitative estimate of drug-likeness (QED) is 0.796. The molecule has 0 amide bonds. The van der Waals surface area contributed by atoms with Crippen LogP contribution < -0.4 is 9.47 Å². The van der Waals surface area contributed by atoms with Crippen LogP contribution >= 0.6 is 0 Å². The largest absolute Gasteiger partial charge is 0.493 e. The van der Waals surface area contributed by atoms with Crippen molar-refractivity contribution in [2.45, 2.75) is 34.6 Å². The maximum Gasteiger partial charge on any atom is 0.175 e. The van der Waals surface area contributed by atoms with Crippen molar-refractivity contribution in [3.63, 3.8) is 0 Å². The summed E-state index contributed by atoms with van der Waals surface area (Å²) in [7, 11) is 5.60. The Balaban J connectivity index is 0.00000123. The van der Waals surface area contributed by atoms with E-state index >= 15 is 0 Å². The zero-order valence-corrected chi connectivity index (χ0v) is 16.3. The number of aromatic nitrogens is 1. The second kappa shape index (κ2) is 11.5. The van der Waals surface area contributed by atoms with Gasteiger partial charge in [-0.05, 0) is 26.2 Å². The molecule has 1 aromatic heterocycles. The van der Waals surface area contributed by atoms with Gasteiger partial charge < -0.3 is 19.4 Å². The van der Waals surface area contributed by atoms with Gasteiger partial charge in [-0.3, -0.25) is 4.79 Å². The summed E-state index contributed by atoms with van der Waals surface area (Å²) < 4.78 is 11.1. The summed E-state index contributed by atoms with van der Waals surface area (Å²) in [6.45, 7) is 10.9. The Morgan fingerprint density at radius 3 is 2.21 bits per heavy atom. The number of hydrogen-bond donors (Lipinski definition) is 1. The van der Waals surface area contributed by atoms with Gasteiger partial charge in [0, 0.05) is 30.4 Å². The van der Waals surface area contributed by atoms with Crippen LogP contribution in [-0.2, 0) is 0 Å². The molecular formula is C19H32N2O3. The maximum absolute atomic E-state index is 11.4. The zero-order valence-electron chi connectivity index (χ0n) is 16.3. The molecule has 2 aromatic rings. The Morgan fingerprint density at radius 1 is 1.08 bits per heavy atom. The fraction of sp³-hybridized carbons (Fsp3) is 0.526. The SMILES string of the molecule is CC.CC.COc1cc2[nH]c(C(C)=O)cc2cc1OCCN(C)C. The number of methoxy groups -OCH3 is 1. The molecule has 0 radical (unpaired) electrons. The van der Waals surface area contributed by atoms with Crippen LogP contribution in [-0.4, -0.2) is 50.0 Å². The number of aromatic amines is 1. The van der Waals surface area contributed by atoms with Crippen molar-refractivity contribution in [3.05, 3.63) is 23.9 Å². The molecule has 0 saturated carbocycles. The number of rotatable bonds is 6. The third kappa shape index (κ3) is 6.24. The molecule has 0 aliphatic carbocycles.